The summed E-state index contributed by atoms with van der Waals surface area (Å²) in [7, 11) is -11.0. The second-order valence-corrected chi connectivity index (χ2v) is 31.2. The summed E-state index contributed by atoms with van der Waals surface area (Å²) in [4.78, 5) is 0. The highest BCUT2D eigenvalue weighted by Crippen LogP contribution is 2.49. The molecule has 0 amide bonds. The Kier molecular flexibility index (Phi) is 40.6. The molecule has 3 heterocycles. The minimum Gasteiger partial charge on any atom is -0.412 e. The van der Waals surface area contributed by atoms with Crippen LogP contribution in [0.4, 0.5) is 0 Å². The summed E-state index contributed by atoms with van der Waals surface area (Å²) in [5, 5.41) is 11.3. The topological polar surface area (TPSA) is 190 Å². The van der Waals surface area contributed by atoms with Gasteiger partial charge in [-0.25, -0.2) is 0 Å². The van der Waals surface area contributed by atoms with Gasteiger partial charge in [0.15, 0.2) is 0 Å². The quantitative estimate of drug-likeness (QED) is 0.0655. The third kappa shape index (κ3) is 20.2. The number of thiol groups is 2. The number of rotatable bonds is 31. The summed E-state index contributed by atoms with van der Waals surface area (Å²) in [5.74, 6) is 1.67. The van der Waals surface area contributed by atoms with Crippen LogP contribution in [0.25, 0.3) is 0 Å². The van der Waals surface area contributed by atoms with Crippen LogP contribution >= 0.6 is 25.3 Å². The van der Waals surface area contributed by atoms with Gasteiger partial charge in [-0.2, -0.15) is 25.3 Å². The van der Waals surface area contributed by atoms with Crippen molar-refractivity contribution in [2.45, 2.75) is 109 Å². The van der Waals surface area contributed by atoms with Gasteiger partial charge in [0, 0.05) is 120 Å². The smallest absolute Gasteiger partial charge is 0.412 e. The zero-order chi connectivity index (χ0) is 48.9. The number of hydrogen-bond acceptors (Lipinski definition) is 18. The summed E-state index contributed by atoms with van der Waals surface area (Å²) < 4.78 is 87.3. The number of aliphatic hydroxyl groups excluding tert-OH is 1. The van der Waals surface area contributed by atoms with E-state index in [-0.39, 0.29) is 26.9 Å². The molecule has 68 heavy (non-hydrogen) atoms. The third-order valence-electron chi connectivity index (χ3n) is 9.24. The number of benzene rings is 2. The van der Waals surface area contributed by atoms with E-state index in [9.17, 15) is 0 Å². The molecule has 2 aromatic carbocycles. The van der Waals surface area contributed by atoms with Gasteiger partial charge in [-0.1, -0.05) is 63.4 Å². The molecule has 0 atom stereocenters. The standard InChI is InChI=1S/C18H34O6Si2.C12H20O6SSi3.C9H22O3SSi.C2H6O.2CH4.H2O/c1-7-19-25(20-8-2,21-9-3)17-13-15-18(16-14-17)26(22-10-4,23-11-5)24-12-6;1-13-21(14-2,15-3)11-5-7-12(8-6-11)22-16-20(17-22,18-22)10-4-9-19;1-4-10-14(11-5-2,12-6-3)9-7-8-13;1-2-3;;;/h13-16H,7-12H2,1-6H3;5-8,19H,4,9-10H2,1-3H3;13H,4-9H2,1-3H3;3H,2H2,1H3;2*1H4;1H2. The largest absolute Gasteiger partial charge is 0.537 e. The molecule has 0 aromatic heterocycles. The van der Waals surface area contributed by atoms with Gasteiger partial charge < -0.3 is 76.0 Å². The molecule has 0 radical (unpaired) electrons. The number of hydrogen-bond donors (Lipinski definition) is 3. The second kappa shape index (κ2) is 38.4. The monoisotopic (exact) mass is 1110 g/mol. The first-order chi connectivity index (χ1) is 31.3. The van der Waals surface area contributed by atoms with Gasteiger partial charge in [-0.05, 0) is 93.6 Å². The van der Waals surface area contributed by atoms with Crippen LogP contribution in [0, 0.1) is 0 Å². The van der Waals surface area contributed by atoms with Gasteiger partial charge in [0.1, 0.15) is 0 Å². The summed E-state index contributed by atoms with van der Waals surface area (Å²) in [6.45, 7) is 24.7. The van der Waals surface area contributed by atoms with Crippen molar-refractivity contribution >= 4 is 98.8 Å². The highest BCUT2D eigenvalue weighted by atomic mass is 32.1. The van der Waals surface area contributed by atoms with Crippen LogP contribution < -0.4 is 20.7 Å². The molecule has 0 spiro atoms. The van der Waals surface area contributed by atoms with E-state index in [1.165, 1.54) is 0 Å². The van der Waals surface area contributed by atoms with Crippen LogP contribution in [0.3, 0.4) is 0 Å². The molecule has 0 unspecified atom stereocenters. The average Bonchev–Trinajstić information content (AvgIpc) is 3.27. The van der Waals surface area contributed by atoms with Gasteiger partial charge in [0.05, 0.1) is 0 Å². The molecule has 3 fully saturated rings. The van der Waals surface area contributed by atoms with Crippen molar-refractivity contribution in [3.8, 4) is 0 Å². The van der Waals surface area contributed by atoms with E-state index in [2.05, 4.69) is 25.3 Å². The Bertz CT molecular complexity index is 1390. The molecule has 0 aliphatic carbocycles. The fourth-order valence-corrected chi connectivity index (χ4v) is 26.0. The van der Waals surface area contributed by atoms with E-state index in [1.807, 2.05) is 111 Å². The molecular formula is C43H92O17S2Si6. The average molecular weight is 1110 g/mol. The van der Waals surface area contributed by atoms with E-state index >= 15 is 0 Å². The molecule has 3 N–H and O–H groups in total. The van der Waals surface area contributed by atoms with Crippen molar-refractivity contribution in [3.05, 3.63) is 48.5 Å². The van der Waals surface area contributed by atoms with Crippen molar-refractivity contribution in [2.75, 3.05) is 98.9 Å². The highest BCUT2D eigenvalue weighted by molar-refractivity contribution is 7.80. The molecule has 0 saturated carbocycles. The minimum atomic E-state index is -2.92. The lowest BCUT2D eigenvalue weighted by atomic mass is 10.4. The molecule has 5 rings (SSSR count). The van der Waals surface area contributed by atoms with E-state index in [0.717, 1.165) is 57.2 Å². The lowest BCUT2D eigenvalue weighted by Crippen LogP contribution is -2.92. The summed E-state index contributed by atoms with van der Waals surface area (Å²) in [6, 6.07) is 17.5. The molecule has 402 valence electrons. The van der Waals surface area contributed by atoms with Crippen LogP contribution in [-0.4, -0.2) is 162 Å². The second-order valence-electron chi connectivity index (χ2n) is 13.5. The first kappa shape index (κ1) is 72.0. The SMILES string of the molecule is C.C.CCO.CCO[Si](CCCS)(OCC)OCC.CCO[Si](OCC)(OCC)c1ccc([Si](OCC)(OCC)OCC)cc1.CO[Si](OC)(OC)c1ccc([Si]23O[Si](CCCS)(O2)O3)cc1.O. The fourth-order valence-electron chi connectivity index (χ4n) is 6.81. The predicted molar refractivity (Wildman–Crippen MR) is 291 cm³/mol. The van der Waals surface area contributed by atoms with Gasteiger partial charge in [-0.15, -0.1) is 0 Å². The maximum Gasteiger partial charge on any atom is 0.537 e. The van der Waals surface area contributed by atoms with Crippen molar-refractivity contribution in [1.29, 1.82) is 0 Å². The Hall–Kier alpha value is -0.239. The van der Waals surface area contributed by atoms with E-state index in [1.54, 1.807) is 28.3 Å². The Balaban J connectivity index is -0.000000918. The van der Waals surface area contributed by atoms with Gasteiger partial charge in [-0.3, -0.25) is 0 Å². The molecular weight excluding hydrogens is 1020 g/mol. The van der Waals surface area contributed by atoms with Crippen LogP contribution in [0.15, 0.2) is 48.5 Å². The summed E-state index contributed by atoms with van der Waals surface area (Å²) in [6.07, 6.45) is 1.94. The van der Waals surface area contributed by atoms with Crippen LogP contribution in [0.1, 0.15) is 96.9 Å². The van der Waals surface area contributed by atoms with E-state index in [0.29, 0.717) is 59.5 Å². The van der Waals surface area contributed by atoms with Crippen molar-refractivity contribution < 1.29 is 76.0 Å². The first-order valence-electron chi connectivity index (χ1n) is 22.9. The normalized spacial score (nSPS) is 17.2. The molecule has 2 bridgehead atoms. The molecule has 25 heteroatoms. The van der Waals surface area contributed by atoms with Crippen LogP contribution in [0.5, 0.6) is 0 Å². The lowest BCUT2D eigenvalue weighted by molar-refractivity contribution is -0.0207. The maximum atomic E-state index is 7.57. The first-order valence-corrected chi connectivity index (χ1v) is 34.9. The molecule has 3 aliphatic heterocycles. The Morgan fingerprint density at radius 3 is 1.01 bits per heavy atom. The molecule has 3 saturated heterocycles. The molecule has 3 aliphatic rings. The third-order valence-corrected chi connectivity index (χ3v) is 30.7. The zero-order valence-electron chi connectivity index (χ0n) is 41.9. The van der Waals surface area contributed by atoms with Crippen molar-refractivity contribution in [2.24, 2.45) is 0 Å². The Labute approximate surface area is 429 Å². The van der Waals surface area contributed by atoms with Crippen LogP contribution in [-0.2, 0) is 65.5 Å². The lowest BCUT2D eigenvalue weighted by Gasteiger charge is -2.63. The van der Waals surface area contributed by atoms with Gasteiger partial charge in [0.25, 0.3) is 0 Å². The number of aliphatic hydroxyl groups is 1. The zero-order valence-corrected chi connectivity index (χ0v) is 49.7. The van der Waals surface area contributed by atoms with Crippen LogP contribution in [0.2, 0.25) is 12.1 Å². The van der Waals surface area contributed by atoms with E-state index < -0.39 is 52.8 Å². The van der Waals surface area contributed by atoms with E-state index in [4.69, 9.17) is 70.6 Å². The fraction of sp³-hybridized carbons (Fsp3) is 0.721. The maximum absolute atomic E-state index is 7.57. The van der Waals surface area contributed by atoms with Crippen molar-refractivity contribution in [3.63, 3.8) is 0 Å². The molecule has 2 aromatic rings. The van der Waals surface area contributed by atoms with Crippen molar-refractivity contribution in [1.82, 2.24) is 0 Å². The summed E-state index contributed by atoms with van der Waals surface area (Å²) >= 11 is 8.40. The molecule has 17 nitrogen and oxygen atoms in total. The Morgan fingerprint density at radius 1 is 0.471 bits per heavy atom. The highest BCUT2D eigenvalue weighted by Gasteiger charge is 2.82. The van der Waals surface area contributed by atoms with Gasteiger partial charge in [0.2, 0.25) is 0 Å². The minimum absolute atomic E-state index is 0. The van der Waals surface area contributed by atoms with Gasteiger partial charge >= 0.3 is 52.8 Å². The Morgan fingerprint density at radius 2 is 0.750 bits per heavy atom. The predicted octanol–water partition coefficient (Wildman–Crippen LogP) is 5.25. The summed E-state index contributed by atoms with van der Waals surface area (Å²) in [5.41, 5.74) is 0.